The van der Waals surface area contributed by atoms with Gasteiger partial charge in [-0.15, -0.1) is 0 Å². The fraction of sp³-hybridized carbons (Fsp3) is 0.0500. The van der Waals surface area contributed by atoms with E-state index in [9.17, 15) is 4.79 Å². The van der Waals surface area contributed by atoms with Crippen molar-refractivity contribution >= 4 is 17.1 Å². The van der Waals surface area contributed by atoms with Crippen LogP contribution < -0.4 is 5.32 Å². The molecule has 0 bridgehead atoms. The standard InChI is InChI=1S/C20H15N3O/c1-3-18(16-8-4-14(12-21)5-9-16)19(20(24)23-2)17-10-6-15(13-22)7-11-17/h3-11H,1H2,2H3,(H,23,24)/b19-18+. The van der Waals surface area contributed by atoms with Gasteiger partial charge in [0.25, 0.3) is 5.91 Å². The SMILES string of the molecule is C=C/C(=C(\C(=O)NC)c1ccc(C#N)cc1)c1ccc(C#N)cc1. The highest BCUT2D eigenvalue weighted by atomic mass is 16.1. The smallest absolute Gasteiger partial charge is 0.252 e. The van der Waals surface area contributed by atoms with Gasteiger partial charge >= 0.3 is 0 Å². The Bertz CT molecular complexity index is 876. The summed E-state index contributed by atoms with van der Waals surface area (Å²) in [5.74, 6) is -0.251. The van der Waals surface area contributed by atoms with Gasteiger partial charge in [0.05, 0.1) is 28.8 Å². The molecule has 0 aliphatic carbocycles. The van der Waals surface area contributed by atoms with E-state index < -0.39 is 0 Å². The second-order valence-electron chi connectivity index (χ2n) is 4.95. The van der Waals surface area contributed by atoms with E-state index in [0.29, 0.717) is 27.8 Å². The van der Waals surface area contributed by atoms with Crippen LogP contribution in [-0.2, 0) is 4.79 Å². The quantitative estimate of drug-likeness (QED) is 0.534. The third kappa shape index (κ3) is 3.40. The van der Waals surface area contributed by atoms with Crippen molar-refractivity contribution in [2.24, 2.45) is 0 Å². The van der Waals surface area contributed by atoms with Gasteiger partial charge < -0.3 is 5.32 Å². The highest BCUT2D eigenvalue weighted by Crippen LogP contribution is 2.28. The summed E-state index contributed by atoms with van der Waals surface area (Å²) in [6, 6.07) is 17.9. The highest BCUT2D eigenvalue weighted by Gasteiger charge is 2.16. The summed E-state index contributed by atoms with van der Waals surface area (Å²) in [4.78, 5) is 12.4. The maximum atomic E-state index is 12.4. The molecule has 0 saturated heterocycles. The molecule has 4 nitrogen and oxygen atoms in total. The summed E-state index contributed by atoms with van der Waals surface area (Å²) >= 11 is 0. The maximum Gasteiger partial charge on any atom is 0.252 e. The van der Waals surface area contributed by atoms with Crippen LogP contribution in [0.2, 0.25) is 0 Å². The number of rotatable bonds is 4. The zero-order valence-electron chi connectivity index (χ0n) is 13.2. The molecule has 2 rings (SSSR count). The molecule has 0 saturated carbocycles. The van der Waals surface area contributed by atoms with Gasteiger partial charge in [-0.1, -0.05) is 36.9 Å². The average molecular weight is 313 g/mol. The van der Waals surface area contributed by atoms with Gasteiger partial charge in [-0.05, 0) is 41.0 Å². The van der Waals surface area contributed by atoms with E-state index >= 15 is 0 Å². The van der Waals surface area contributed by atoms with Crippen LogP contribution >= 0.6 is 0 Å². The van der Waals surface area contributed by atoms with Crippen molar-refractivity contribution in [3.8, 4) is 12.1 Å². The minimum Gasteiger partial charge on any atom is -0.355 e. The van der Waals surface area contributed by atoms with Crippen molar-refractivity contribution < 1.29 is 4.79 Å². The summed E-state index contributed by atoms with van der Waals surface area (Å²) in [6.45, 7) is 3.82. The Hall–Kier alpha value is -3.63. The Morgan fingerprint density at radius 2 is 1.42 bits per heavy atom. The van der Waals surface area contributed by atoms with Crippen molar-refractivity contribution in [1.29, 1.82) is 10.5 Å². The highest BCUT2D eigenvalue weighted by molar-refractivity contribution is 6.28. The second kappa shape index (κ2) is 7.58. The number of hydrogen-bond acceptors (Lipinski definition) is 3. The van der Waals surface area contributed by atoms with Crippen molar-refractivity contribution in [3.05, 3.63) is 83.4 Å². The Labute approximate surface area is 141 Å². The number of carbonyl (C=O) groups excluding carboxylic acids is 1. The Balaban J connectivity index is 2.66. The first-order chi connectivity index (χ1) is 11.6. The molecule has 2 aromatic carbocycles. The lowest BCUT2D eigenvalue weighted by molar-refractivity contribution is -0.115. The molecule has 0 unspecified atom stereocenters. The predicted molar refractivity (Wildman–Crippen MR) is 93.4 cm³/mol. The van der Waals surface area contributed by atoms with Crippen LogP contribution in [0.5, 0.6) is 0 Å². The number of carbonyl (C=O) groups is 1. The number of nitriles is 2. The predicted octanol–water partition coefficient (Wildman–Crippen LogP) is 3.27. The molecule has 2 aromatic rings. The first-order valence-electron chi connectivity index (χ1n) is 7.24. The molecule has 0 radical (unpaired) electrons. The number of allylic oxidation sites excluding steroid dienone is 2. The van der Waals surface area contributed by atoms with E-state index in [1.54, 1.807) is 61.7 Å². The molecule has 0 heterocycles. The molecule has 0 aliphatic heterocycles. The molecule has 116 valence electrons. The molecular formula is C20H15N3O. The van der Waals surface area contributed by atoms with Gasteiger partial charge in [-0.25, -0.2) is 0 Å². The number of likely N-dealkylation sites (N-methyl/N-ethyl adjacent to an activating group) is 1. The first-order valence-corrected chi connectivity index (χ1v) is 7.24. The van der Waals surface area contributed by atoms with Crippen molar-refractivity contribution in [2.75, 3.05) is 7.05 Å². The first kappa shape index (κ1) is 16.7. The van der Waals surface area contributed by atoms with Gasteiger partial charge in [0.2, 0.25) is 0 Å². The summed E-state index contributed by atoms with van der Waals surface area (Å²) in [6.07, 6.45) is 1.62. The van der Waals surface area contributed by atoms with Gasteiger partial charge in [0, 0.05) is 7.05 Å². The van der Waals surface area contributed by atoms with Crippen LogP contribution in [0.25, 0.3) is 11.1 Å². The van der Waals surface area contributed by atoms with Crippen molar-refractivity contribution in [1.82, 2.24) is 5.32 Å². The van der Waals surface area contributed by atoms with Crippen LogP contribution in [0.15, 0.2) is 61.2 Å². The average Bonchev–Trinajstić information content (AvgIpc) is 2.65. The monoisotopic (exact) mass is 313 g/mol. The van der Waals surface area contributed by atoms with Gasteiger partial charge in [-0.3, -0.25) is 4.79 Å². The molecule has 0 fully saturated rings. The zero-order chi connectivity index (χ0) is 17.5. The number of nitrogens with zero attached hydrogens (tertiary/aromatic N) is 2. The van der Waals surface area contributed by atoms with Crippen LogP contribution in [0.1, 0.15) is 22.3 Å². The third-order valence-electron chi connectivity index (χ3n) is 3.56. The molecular weight excluding hydrogens is 298 g/mol. The largest absolute Gasteiger partial charge is 0.355 e. The summed E-state index contributed by atoms with van der Waals surface area (Å²) in [5.41, 5.74) is 3.65. The molecule has 0 aromatic heterocycles. The van der Waals surface area contributed by atoms with E-state index in [1.807, 2.05) is 0 Å². The number of amides is 1. The molecule has 4 heteroatoms. The molecule has 0 aliphatic rings. The lowest BCUT2D eigenvalue weighted by atomic mass is 9.93. The van der Waals surface area contributed by atoms with Crippen LogP contribution in [0.4, 0.5) is 0 Å². The Morgan fingerprint density at radius 1 is 0.958 bits per heavy atom. The number of nitrogens with one attached hydrogen (secondary N) is 1. The minimum absolute atomic E-state index is 0.251. The van der Waals surface area contributed by atoms with E-state index in [-0.39, 0.29) is 5.91 Å². The summed E-state index contributed by atoms with van der Waals surface area (Å²) in [5, 5.41) is 20.5. The Morgan fingerprint density at radius 3 is 1.79 bits per heavy atom. The van der Waals surface area contributed by atoms with E-state index in [1.165, 1.54) is 0 Å². The molecule has 0 atom stereocenters. The molecule has 24 heavy (non-hydrogen) atoms. The van der Waals surface area contributed by atoms with E-state index in [2.05, 4.69) is 24.0 Å². The maximum absolute atomic E-state index is 12.4. The Kier molecular flexibility index (Phi) is 5.28. The van der Waals surface area contributed by atoms with Crippen molar-refractivity contribution in [2.45, 2.75) is 0 Å². The lowest BCUT2D eigenvalue weighted by Crippen LogP contribution is -2.20. The van der Waals surface area contributed by atoms with Crippen LogP contribution in [0, 0.1) is 22.7 Å². The molecule has 1 amide bonds. The zero-order valence-corrected chi connectivity index (χ0v) is 13.2. The topological polar surface area (TPSA) is 76.7 Å². The van der Waals surface area contributed by atoms with Gasteiger partial charge in [-0.2, -0.15) is 10.5 Å². The molecule has 1 N–H and O–H groups in total. The lowest BCUT2D eigenvalue weighted by Gasteiger charge is -2.13. The van der Waals surface area contributed by atoms with E-state index in [0.717, 1.165) is 5.56 Å². The summed E-state index contributed by atoms with van der Waals surface area (Å²) < 4.78 is 0. The fourth-order valence-electron chi connectivity index (χ4n) is 2.33. The summed E-state index contributed by atoms with van der Waals surface area (Å²) in [7, 11) is 1.56. The fourth-order valence-corrected chi connectivity index (χ4v) is 2.33. The van der Waals surface area contributed by atoms with Gasteiger partial charge in [0.15, 0.2) is 0 Å². The number of hydrogen-bond donors (Lipinski definition) is 1. The second-order valence-corrected chi connectivity index (χ2v) is 4.95. The van der Waals surface area contributed by atoms with Gasteiger partial charge in [0.1, 0.15) is 0 Å². The minimum atomic E-state index is -0.251. The molecule has 0 spiro atoms. The van der Waals surface area contributed by atoms with Crippen LogP contribution in [0.3, 0.4) is 0 Å². The van der Waals surface area contributed by atoms with Crippen molar-refractivity contribution in [3.63, 3.8) is 0 Å². The normalized spacial score (nSPS) is 10.8. The number of benzene rings is 2. The van der Waals surface area contributed by atoms with E-state index in [4.69, 9.17) is 10.5 Å². The third-order valence-corrected chi connectivity index (χ3v) is 3.56. The van der Waals surface area contributed by atoms with Crippen LogP contribution in [-0.4, -0.2) is 13.0 Å².